The summed E-state index contributed by atoms with van der Waals surface area (Å²) < 4.78 is 12.9. The zero-order valence-corrected chi connectivity index (χ0v) is 11.6. The van der Waals surface area contributed by atoms with E-state index in [0.717, 1.165) is 30.4 Å². The van der Waals surface area contributed by atoms with Crippen LogP contribution in [0, 0.1) is 5.82 Å². The molecule has 0 aliphatic rings. The van der Waals surface area contributed by atoms with Gasteiger partial charge < -0.3 is 0 Å². The fourth-order valence-electron chi connectivity index (χ4n) is 2.03. The van der Waals surface area contributed by atoms with Crippen molar-refractivity contribution < 1.29 is 4.39 Å². The molecule has 0 amide bonds. The van der Waals surface area contributed by atoms with Crippen molar-refractivity contribution >= 4 is 0 Å². The largest absolute Gasteiger partial charge is 0.207 e. The summed E-state index contributed by atoms with van der Waals surface area (Å²) in [4.78, 5) is 0. The third-order valence-corrected chi connectivity index (χ3v) is 3.19. The van der Waals surface area contributed by atoms with Crippen molar-refractivity contribution in [2.75, 3.05) is 0 Å². The number of hydrogen-bond acceptors (Lipinski definition) is 0. The molecule has 0 atom stereocenters. The fourth-order valence-corrected chi connectivity index (χ4v) is 2.03. The van der Waals surface area contributed by atoms with E-state index in [2.05, 4.69) is 43.0 Å². The van der Waals surface area contributed by atoms with Crippen LogP contribution < -0.4 is 0 Å². The molecule has 2 rings (SSSR count). The van der Waals surface area contributed by atoms with Gasteiger partial charge in [0.15, 0.2) is 0 Å². The van der Waals surface area contributed by atoms with E-state index >= 15 is 0 Å². The second-order valence-corrected chi connectivity index (χ2v) is 4.75. The van der Waals surface area contributed by atoms with Crippen LogP contribution in [-0.2, 0) is 6.42 Å². The summed E-state index contributed by atoms with van der Waals surface area (Å²) in [5.74, 6) is -0.199. The second kappa shape index (κ2) is 7.44. The van der Waals surface area contributed by atoms with E-state index in [1.165, 1.54) is 17.7 Å². The van der Waals surface area contributed by atoms with Crippen molar-refractivity contribution in [2.45, 2.75) is 19.3 Å². The molecule has 0 fully saturated rings. The van der Waals surface area contributed by atoms with Crippen molar-refractivity contribution in [3.63, 3.8) is 0 Å². The van der Waals surface area contributed by atoms with Crippen LogP contribution in [0.25, 0.3) is 11.1 Å². The Balaban J connectivity index is 1.97. The molecule has 0 bridgehead atoms. The lowest BCUT2D eigenvalue weighted by Gasteiger charge is -2.03. The number of unbranched alkanes of at least 4 members (excludes halogenated alkanes) is 1. The summed E-state index contributed by atoms with van der Waals surface area (Å²) in [7, 11) is 0. The van der Waals surface area contributed by atoms with Crippen LogP contribution in [0.15, 0.2) is 73.3 Å². The van der Waals surface area contributed by atoms with Gasteiger partial charge in [-0.25, -0.2) is 4.39 Å². The summed E-state index contributed by atoms with van der Waals surface area (Å²) in [5.41, 5.74) is 3.44. The van der Waals surface area contributed by atoms with Crippen LogP contribution in [-0.4, -0.2) is 0 Å². The van der Waals surface area contributed by atoms with E-state index in [1.807, 2.05) is 6.08 Å². The Morgan fingerprint density at radius 3 is 2.00 bits per heavy atom. The molecule has 0 spiro atoms. The van der Waals surface area contributed by atoms with Crippen molar-refractivity contribution in [3.05, 3.63) is 84.7 Å². The number of allylic oxidation sites excluding steroid dienone is 3. The van der Waals surface area contributed by atoms with Crippen LogP contribution in [0.2, 0.25) is 0 Å². The third kappa shape index (κ3) is 4.20. The van der Waals surface area contributed by atoms with E-state index in [0.29, 0.717) is 0 Å². The van der Waals surface area contributed by atoms with Gasteiger partial charge in [-0.1, -0.05) is 54.6 Å². The molecule has 0 N–H and O–H groups in total. The molecule has 0 aliphatic heterocycles. The predicted octanol–water partition coefficient (Wildman–Crippen LogP) is 5.56. The van der Waals surface area contributed by atoms with Gasteiger partial charge in [0.25, 0.3) is 0 Å². The smallest absolute Gasteiger partial charge is 0.123 e. The van der Waals surface area contributed by atoms with Gasteiger partial charge in [-0.15, -0.1) is 6.58 Å². The Bertz CT molecular complexity index is 562. The average Bonchev–Trinajstić information content (AvgIpc) is 2.49. The molecular weight excluding hydrogens is 247 g/mol. The maximum Gasteiger partial charge on any atom is 0.123 e. The molecule has 1 heteroatoms. The highest BCUT2D eigenvalue weighted by Crippen LogP contribution is 2.20. The van der Waals surface area contributed by atoms with Crippen LogP contribution >= 0.6 is 0 Å². The van der Waals surface area contributed by atoms with E-state index in [1.54, 1.807) is 12.1 Å². The highest BCUT2D eigenvalue weighted by Gasteiger charge is 1.98. The molecule has 0 aromatic heterocycles. The molecule has 0 saturated heterocycles. The minimum Gasteiger partial charge on any atom is -0.207 e. The maximum absolute atomic E-state index is 12.9. The van der Waals surface area contributed by atoms with Crippen LogP contribution in [0.5, 0.6) is 0 Å². The van der Waals surface area contributed by atoms with Crippen molar-refractivity contribution in [2.24, 2.45) is 0 Å². The summed E-state index contributed by atoms with van der Waals surface area (Å²) in [6.07, 6.45) is 9.34. The molecule has 102 valence electrons. The highest BCUT2D eigenvalue weighted by atomic mass is 19.1. The minimum atomic E-state index is -0.199. The van der Waals surface area contributed by atoms with Crippen LogP contribution in [0.3, 0.4) is 0 Å². The van der Waals surface area contributed by atoms with E-state index in [4.69, 9.17) is 0 Å². The first-order valence-electron chi connectivity index (χ1n) is 6.90. The Labute approximate surface area is 120 Å². The Kier molecular flexibility index (Phi) is 5.31. The fraction of sp³-hybridized carbons (Fsp3) is 0.158. The van der Waals surface area contributed by atoms with Gasteiger partial charge in [-0.05, 0) is 48.1 Å². The summed E-state index contributed by atoms with van der Waals surface area (Å²) in [5, 5.41) is 0. The molecular formula is C19H19F. The molecule has 0 heterocycles. The summed E-state index contributed by atoms with van der Waals surface area (Å²) >= 11 is 0. The van der Waals surface area contributed by atoms with E-state index in [-0.39, 0.29) is 5.82 Å². The molecule has 0 aliphatic carbocycles. The molecule has 0 saturated carbocycles. The average molecular weight is 266 g/mol. The topological polar surface area (TPSA) is 0 Å². The lowest BCUT2D eigenvalue weighted by atomic mass is 10.0. The monoisotopic (exact) mass is 266 g/mol. The molecule has 2 aromatic rings. The van der Waals surface area contributed by atoms with Crippen LogP contribution in [0.1, 0.15) is 18.4 Å². The van der Waals surface area contributed by atoms with Gasteiger partial charge in [0.05, 0.1) is 0 Å². The molecule has 20 heavy (non-hydrogen) atoms. The first-order valence-corrected chi connectivity index (χ1v) is 6.90. The Morgan fingerprint density at radius 2 is 1.40 bits per heavy atom. The zero-order chi connectivity index (χ0) is 14.2. The van der Waals surface area contributed by atoms with E-state index < -0.39 is 0 Å². The van der Waals surface area contributed by atoms with Gasteiger partial charge >= 0.3 is 0 Å². The zero-order valence-electron chi connectivity index (χ0n) is 11.6. The van der Waals surface area contributed by atoms with Gasteiger partial charge in [0.1, 0.15) is 5.82 Å². The second-order valence-electron chi connectivity index (χ2n) is 4.75. The quantitative estimate of drug-likeness (QED) is 0.474. The first kappa shape index (κ1) is 14.3. The summed E-state index contributed by atoms with van der Waals surface area (Å²) in [6, 6.07) is 15.0. The number of halogens is 1. The SMILES string of the molecule is C=CCCC=CCc1ccc(-c2ccc(F)cc2)cc1. The molecule has 0 nitrogen and oxygen atoms in total. The van der Waals surface area contributed by atoms with Gasteiger partial charge in [0.2, 0.25) is 0 Å². The lowest BCUT2D eigenvalue weighted by Crippen LogP contribution is -1.83. The van der Waals surface area contributed by atoms with Crippen molar-refractivity contribution in [3.8, 4) is 11.1 Å². The van der Waals surface area contributed by atoms with Gasteiger partial charge in [-0.3, -0.25) is 0 Å². The lowest BCUT2D eigenvalue weighted by molar-refractivity contribution is 0.628. The predicted molar refractivity (Wildman–Crippen MR) is 84.1 cm³/mol. The molecule has 0 radical (unpaired) electrons. The van der Waals surface area contributed by atoms with Gasteiger partial charge in [0, 0.05) is 0 Å². The normalized spacial score (nSPS) is 10.8. The first-order chi connectivity index (χ1) is 9.79. The van der Waals surface area contributed by atoms with Crippen molar-refractivity contribution in [1.29, 1.82) is 0 Å². The number of benzene rings is 2. The van der Waals surface area contributed by atoms with Gasteiger partial charge in [-0.2, -0.15) is 0 Å². The number of hydrogen-bond donors (Lipinski definition) is 0. The molecule has 0 unspecified atom stereocenters. The minimum absolute atomic E-state index is 0.199. The maximum atomic E-state index is 12.9. The van der Waals surface area contributed by atoms with Crippen LogP contribution in [0.4, 0.5) is 4.39 Å². The van der Waals surface area contributed by atoms with E-state index in [9.17, 15) is 4.39 Å². The Morgan fingerprint density at radius 1 is 0.800 bits per heavy atom. The van der Waals surface area contributed by atoms with Crippen molar-refractivity contribution in [1.82, 2.24) is 0 Å². The highest BCUT2D eigenvalue weighted by molar-refractivity contribution is 5.63. The summed E-state index contributed by atoms with van der Waals surface area (Å²) in [6.45, 7) is 3.70. The third-order valence-electron chi connectivity index (χ3n) is 3.19. The standard InChI is InChI=1S/C19H19F/c1-2-3-4-5-6-7-16-8-10-17(11-9-16)18-12-14-19(20)15-13-18/h2,5-6,8-15H,1,3-4,7H2. The number of rotatable bonds is 6. The molecule has 2 aromatic carbocycles. The Hall–Kier alpha value is -2.15.